The molecule has 0 radical (unpaired) electrons. The van der Waals surface area contributed by atoms with Crippen molar-refractivity contribution in [1.82, 2.24) is 9.21 Å². The second-order valence-electron chi connectivity index (χ2n) is 7.39. The monoisotopic (exact) mass is 402 g/mol. The number of para-hydroxylation sites is 1. The van der Waals surface area contributed by atoms with Crippen molar-refractivity contribution in [3.8, 4) is 5.75 Å². The maximum Gasteiger partial charge on any atom is 0.387 e. The normalized spacial score (nSPS) is 21.3. The molecule has 1 aromatic carbocycles. The Balaban J connectivity index is 1.61. The first-order valence-electron chi connectivity index (χ1n) is 9.73. The summed E-state index contributed by atoms with van der Waals surface area (Å²) in [6.45, 7) is 1.08. The maximum atomic E-state index is 12.9. The molecule has 5 nitrogen and oxygen atoms in total. The lowest BCUT2D eigenvalue weighted by Gasteiger charge is -2.34. The van der Waals surface area contributed by atoms with Crippen molar-refractivity contribution in [2.45, 2.75) is 50.0 Å². The van der Waals surface area contributed by atoms with E-state index in [2.05, 4.69) is 9.64 Å². The van der Waals surface area contributed by atoms with Gasteiger partial charge in [-0.1, -0.05) is 25.0 Å². The number of benzene rings is 1. The highest BCUT2D eigenvalue weighted by atomic mass is 32.2. The lowest BCUT2D eigenvalue weighted by atomic mass is 9.97. The zero-order valence-corrected chi connectivity index (χ0v) is 16.3. The van der Waals surface area contributed by atoms with Gasteiger partial charge in [0.1, 0.15) is 10.6 Å². The van der Waals surface area contributed by atoms with Gasteiger partial charge in [-0.3, -0.25) is 0 Å². The van der Waals surface area contributed by atoms with E-state index in [1.807, 2.05) is 0 Å². The fourth-order valence-electron chi connectivity index (χ4n) is 4.01. The zero-order chi connectivity index (χ0) is 19.3. The molecule has 2 fully saturated rings. The number of likely N-dealkylation sites (tertiary alicyclic amines) is 1. The Morgan fingerprint density at radius 2 is 1.63 bits per heavy atom. The quantitative estimate of drug-likeness (QED) is 0.730. The van der Waals surface area contributed by atoms with Gasteiger partial charge in [-0.25, -0.2) is 8.42 Å². The Kier molecular flexibility index (Phi) is 7.05. The molecule has 8 heteroatoms. The minimum absolute atomic E-state index is 0.184. The van der Waals surface area contributed by atoms with Crippen LogP contribution in [0.3, 0.4) is 0 Å². The number of halogens is 2. The van der Waals surface area contributed by atoms with Gasteiger partial charge in [0.25, 0.3) is 0 Å². The van der Waals surface area contributed by atoms with Gasteiger partial charge in [-0.15, -0.1) is 0 Å². The van der Waals surface area contributed by atoms with Crippen LogP contribution in [0, 0.1) is 5.92 Å². The number of sulfonamides is 1. The molecule has 0 unspecified atom stereocenters. The lowest BCUT2D eigenvalue weighted by molar-refractivity contribution is -0.0518. The molecule has 2 aliphatic rings. The molecule has 152 valence electrons. The van der Waals surface area contributed by atoms with Gasteiger partial charge in [-0.05, 0) is 56.8 Å². The average molecular weight is 403 g/mol. The molecule has 0 atom stereocenters. The predicted octanol–water partition coefficient (Wildman–Crippen LogP) is 3.56. The second-order valence-corrected chi connectivity index (χ2v) is 9.29. The van der Waals surface area contributed by atoms with Crippen LogP contribution in [-0.4, -0.2) is 57.0 Å². The van der Waals surface area contributed by atoms with E-state index in [4.69, 9.17) is 0 Å². The summed E-state index contributed by atoms with van der Waals surface area (Å²) in [6, 6.07) is 5.61. The summed E-state index contributed by atoms with van der Waals surface area (Å²) in [7, 11) is -3.84. The minimum atomic E-state index is -3.84. The third-order valence-electron chi connectivity index (χ3n) is 5.47. The van der Waals surface area contributed by atoms with Crippen molar-refractivity contribution in [1.29, 1.82) is 0 Å². The van der Waals surface area contributed by atoms with Crippen LogP contribution >= 0.6 is 0 Å². The number of piperidine rings is 1. The smallest absolute Gasteiger partial charge is 0.387 e. The van der Waals surface area contributed by atoms with Crippen LogP contribution in [0.4, 0.5) is 8.78 Å². The number of rotatable bonds is 6. The first-order valence-corrected chi connectivity index (χ1v) is 11.2. The van der Waals surface area contributed by atoms with Crippen molar-refractivity contribution < 1.29 is 21.9 Å². The van der Waals surface area contributed by atoms with Gasteiger partial charge in [0.15, 0.2) is 0 Å². The molecular weight excluding hydrogens is 374 g/mol. The van der Waals surface area contributed by atoms with Gasteiger partial charge in [0.05, 0.1) is 0 Å². The van der Waals surface area contributed by atoms with Gasteiger partial charge >= 0.3 is 6.61 Å². The summed E-state index contributed by atoms with van der Waals surface area (Å²) >= 11 is 0. The molecule has 2 heterocycles. The highest BCUT2D eigenvalue weighted by Crippen LogP contribution is 2.31. The van der Waals surface area contributed by atoms with E-state index in [1.54, 1.807) is 0 Å². The molecule has 2 saturated heterocycles. The van der Waals surface area contributed by atoms with Crippen LogP contribution in [0.15, 0.2) is 29.2 Å². The Morgan fingerprint density at radius 1 is 1.00 bits per heavy atom. The number of hydrogen-bond acceptors (Lipinski definition) is 4. The van der Waals surface area contributed by atoms with Crippen LogP contribution in [0.1, 0.15) is 38.5 Å². The molecular formula is C19H28F2N2O3S. The summed E-state index contributed by atoms with van der Waals surface area (Å²) in [5.74, 6) is 0.196. The number of alkyl halides is 2. The number of hydrogen-bond donors (Lipinski definition) is 0. The molecule has 3 rings (SSSR count). The van der Waals surface area contributed by atoms with E-state index >= 15 is 0 Å². The van der Waals surface area contributed by atoms with E-state index in [0.29, 0.717) is 19.0 Å². The van der Waals surface area contributed by atoms with Gasteiger partial charge < -0.3 is 9.64 Å². The van der Waals surface area contributed by atoms with Gasteiger partial charge in [0.2, 0.25) is 10.0 Å². The Labute approximate surface area is 160 Å². The van der Waals surface area contributed by atoms with Crippen LogP contribution < -0.4 is 4.74 Å². The van der Waals surface area contributed by atoms with E-state index in [1.165, 1.54) is 54.3 Å². The summed E-state index contributed by atoms with van der Waals surface area (Å²) in [4.78, 5) is 2.32. The zero-order valence-electron chi connectivity index (χ0n) is 15.5. The SMILES string of the molecule is O=S(=O)(c1ccccc1OC(F)F)N1CCC(CN2CCCCCC2)CC1. The largest absolute Gasteiger partial charge is 0.433 e. The van der Waals surface area contributed by atoms with E-state index < -0.39 is 16.6 Å². The third-order valence-corrected chi connectivity index (χ3v) is 7.41. The fraction of sp³-hybridized carbons (Fsp3) is 0.684. The van der Waals surface area contributed by atoms with Crippen LogP contribution in [0.25, 0.3) is 0 Å². The molecule has 0 amide bonds. The molecule has 27 heavy (non-hydrogen) atoms. The highest BCUT2D eigenvalue weighted by Gasteiger charge is 2.32. The number of ether oxygens (including phenoxy) is 1. The van der Waals surface area contributed by atoms with Crippen LogP contribution in [-0.2, 0) is 10.0 Å². The topological polar surface area (TPSA) is 49.9 Å². The van der Waals surface area contributed by atoms with Crippen LogP contribution in [0.5, 0.6) is 5.75 Å². The third kappa shape index (κ3) is 5.39. The standard InChI is InChI=1S/C19H28F2N2O3S/c20-19(21)26-17-7-3-4-8-18(17)27(24,25)23-13-9-16(10-14-23)15-22-11-5-1-2-6-12-22/h3-4,7-8,16,19H,1-2,5-6,9-15H2. The predicted molar refractivity (Wildman–Crippen MR) is 99.5 cm³/mol. The van der Waals surface area contributed by atoms with Crippen molar-refractivity contribution in [2.24, 2.45) is 5.92 Å². The molecule has 0 bridgehead atoms. The highest BCUT2D eigenvalue weighted by molar-refractivity contribution is 7.89. The minimum Gasteiger partial charge on any atom is -0.433 e. The summed E-state index contributed by atoms with van der Waals surface area (Å²) in [5, 5.41) is 0. The average Bonchev–Trinajstić information content (AvgIpc) is 2.91. The molecule has 0 aliphatic carbocycles. The molecule has 0 spiro atoms. The van der Waals surface area contributed by atoms with Gasteiger partial charge in [-0.2, -0.15) is 13.1 Å². The first kappa shape index (κ1) is 20.5. The van der Waals surface area contributed by atoms with Gasteiger partial charge in [0, 0.05) is 19.6 Å². The molecule has 0 aromatic heterocycles. The Hall–Kier alpha value is -1.25. The van der Waals surface area contributed by atoms with Crippen LogP contribution in [0.2, 0.25) is 0 Å². The van der Waals surface area contributed by atoms with Crippen molar-refractivity contribution in [3.63, 3.8) is 0 Å². The molecule has 0 N–H and O–H groups in total. The molecule has 1 aromatic rings. The number of nitrogens with zero attached hydrogens (tertiary/aromatic N) is 2. The van der Waals surface area contributed by atoms with Crippen molar-refractivity contribution in [2.75, 3.05) is 32.7 Å². The Morgan fingerprint density at radius 3 is 2.26 bits per heavy atom. The summed E-state index contributed by atoms with van der Waals surface area (Å²) < 4.78 is 56.9. The summed E-state index contributed by atoms with van der Waals surface area (Å²) in [5.41, 5.74) is 0. The second kappa shape index (κ2) is 9.30. The summed E-state index contributed by atoms with van der Waals surface area (Å²) in [6.07, 6.45) is 6.68. The van der Waals surface area contributed by atoms with Crippen molar-refractivity contribution in [3.05, 3.63) is 24.3 Å². The maximum absolute atomic E-state index is 12.9. The van der Waals surface area contributed by atoms with E-state index in [-0.39, 0.29) is 10.6 Å². The van der Waals surface area contributed by atoms with Crippen molar-refractivity contribution >= 4 is 10.0 Å². The first-order chi connectivity index (χ1) is 13.0. The fourth-order valence-corrected chi connectivity index (χ4v) is 5.60. The van der Waals surface area contributed by atoms with E-state index in [0.717, 1.165) is 32.5 Å². The lowest BCUT2D eigenvalue weighted by Crippen LogP contribution is -2.41. The Bertz CT molecular complexity index is 699. The van der Waals surface area contributed by atoms with E-state index in [9.17, 15) is 17.2 Å². The molecule has 0 saturated carbocycles. The molecule has 2 aliphatic heterocycles.